The molecule has 0 aromatic heterocycles. The van der Waals surface area contributed by atoms with E-state index in [2.05, 4.69) is 0 Å². The number of nitriles is 1. The number of alkyl halides is 1. The van der Waals surface area contributed by atoms with E-state index in [1.165, 1.54) is 4.90 Å². The molecule has 0 radical (unpaired) electrons. The highest BCUT2D eigenvalue weighted by molar-refractivity contribution is 5.82. The third-order valence-corrected chi connectivity index (χ3v) is 2.35. The molecule has 1 saturated heterocycles. The summed E-state index contributed by atoms with van der Waals surface area (Å²) in [7, 11) is 0. The molecule has 1 fully saturated rings. The molecule has 14 heavy (non-hydrogen) atoms. The quantitative estimate of drug-likeness (QED) is 0.592. The minimum absolute atomic E-state index is 0.0837. The Morgan fingerprint density at radius 3 is 2.50 bits per heavy atom. The molecule has 0 bridgehead atoms. The second kappa shape index (κ2) is 3.23. The van der Waals surface area contributed by atoms with Crippen LogP contribution in [0.4, 0.5) is 4.39 Å². The van der Waals surface area contributed by atoms with Gasteiger partial charge in [0.15, 0.2) is 0 Å². The molecule has 3 nitrogen and oxygen atoms in total. The summed E-state index contributed by atoms with van der Waals surface area (Å²) in [6.45, 7) is 5.64. The van der Waals surface area contributed by atoms with Gasteiger partial charge < -0.3 is 4.90 Å². The van der Waals surface area contributed by atoms with Gasteiger partial charge in [0.05, 0.1) is 6.54 Å². The Bertz CT molecular complexity index is 289. The molecular weight excluding hydrogens is 183 g/mol. The van der Waals surface area contributed by atoms with Crippen molar-refractivity contribution < 1.29 is 9.18 Å². The number of rotatable bonds is 0. The molecule has 1 aliphatic rings. The molecule has 0 aromatic carbocycles. The molecule has 78 valence electrons. The van der Waals surface area contributed by atoms with Gasteiger partial charge in [0.25, 0.3) is 0 Å². The molecule has 1 unspecified atom stereocenters. The van der Waals surface area contributed by atoms with Crippen molar-refractivity contribution in [3.05, 3.63) is 0 Å². The number of amides is 1. The van der Waals surface area contributed by atoms with E-state index >= 15 is 0 Å². The smallest absolute Gasteiger partial charge is 0.228 e. The highest BCUT2D eigenvalue weighted by Gasteiger charge is 2.42. The molecule has 4 heteroatoms. The highest BCUT2D eigenvalue weighted by atomic mass is 19.1. The van der Waals surface area contributed by atoms with Gasteiger partial charge in [-0.05, 0) is 0 Å². The summed E-state index contributed by atoms with van der Waals surface area (Å²) in [6.07, 6.45) is 0.130. The van der Waals surface area contributed by atoms with E-state index in [0.29, 0.717) is 6.54 Å². The fraction of sp³-hybridized carbons (Fsp3) is 0.800. The summed E-state index contributed by atoms with van der Waals surface area (Å²) >= 11 is 0. The van der Waals surface area contributed by atoms with Crippen LogP contribution in [0, 0.1) is 16.7 Å². The summed E-state index contributed by atoms with van der Waals surface area (Å²) in [4.78, 5) is 13.2. The van der Waals surface area contributed by atoms with E-state index in [1.807, 2.05) is 0 Å². The fourth-order valence-corrected chi connectivity index (χ4v) is 1.51. The Labute approximate surface area is 83.5 Å². The number of hydrogen-bond acceptors (Lipinski definition) is 2. The molecule has 0 N–H and O–H groups in total. The van der Waals surface area contributed by atoms with Gasteiger partial charge in [-0.3, -0.25) is 4.79 Å². The van der Waals surface area contributed by atoms with Crippen LogP contribution in [0.1, 0.15) is 27.2 Å². The van der Waals surface area contributed by atoms with Crippen LogP contribution in [-0.4, -0.2) is 29.6 Å². The first-order valence-corrected chi connectivity index (χ1v) is 4.68. The maximum absolute atomic E-state index is 13.5. The Balaban J connectivity index is 2.69. The Kier molecular flexibility index (Phi) is 2.53. The highest BCUT2D eigenvalue weighted by Crippen LogP contribution is 2.28. The molecule has 1 amide bonds. The standard InChI is InChI=1S/C10H15FN2O/c1-9(2,3)8(14)13-5-4-10(11,6-12)7-13/h4-5,7H2,1-3H3. The van der Waals surface area contributed by atoms with Crippen LogP contribution >= 0.6 is 0 Å². The monoisotopic (exact) mass is 198 g/mol. The summed E-state index contributed by atoms with van der Waals surface area (Å²) in [5.74, 6) is -0.0905. The lowest BCUT2D eigenvalue weighted by atomic mass is 9.95. The summed E-state index contributed by atoms with van der Waals surface area (Å²) in [6, 6.07) is 1.62. The zero-order chi connectivity index (χ0) is 11.0. The van der Waals surface area contributed by atoms with Gasteiger partial charge in [-0.1, -0.05) is 20.8 Å². The summed E-state index contributed by atoms with van der Waals surface area (Å²) < 4.78 is 13.5. The van der Waals surface area contributed by atoms with Gasteiger partial charge in [-0.25, -0.2) is 4.39 Å². The van der Waals surface area contributed by atoms with Crippen LogP contribution < -0.4 is 0 Å². The molecule has 0 aromatic rings. The number of carbonyl (C=O) groups excluding carboxylic acids is 1. The molecule has 1 rings (SSSR count). The number of nitrogens with zero attached hydrogens (tertiary/aromatic N) is 2. The molecule has 1 aliphatic heterocycles. The number of likely N-dealkylation sites (tertiary alicyclic amines) is 1. The minimum Gasteiger partial charge on any atom is -0.338 e. The third-order valence-electron chi connectivity index (χ3n) is 2.35. The number of hydrogen-bond donors (Lipinski definition) is 0. The van der Waals surface area contributed by atoms with E-state index in [9.17, 15) is 9.18 Å². The van der Waals surface area contributed by atoms with Crippen molar-refractivity contribution in [1.82, 2.24) is 4.90 Å². The van der Waals surface area contributed by atoms with Gasteiger partial charge in [-0.15, -0.1) is 0 Å². The topological polar surface area (TPSA) is 44.1 Å². The van der Waals surface area contributed by atoms with Crippen LogP contribution in [0.15, 0.2) is 0 Å². The average molecular weight is 198 g/mol. The van der Waals surface area contributed by atoms with Crippen molar-refractivity contribution in [1.29, 1.82) is 5.26 Å². The summed E-state index contributed by atoms with van der Waals surface area (Å²) in [5.41, 5.74) is -2.33. The largest absolute Gasteiger partial charge is 0.338 e. The van der Waals surface area contributed by atoms with E-state index in [0.717, 1.165) is 0 Å². The van der Waals surface area contributed by atoms with Gasteiger partial charge >= 0.3 is 0 Å². The maximum Gasteiger partial charge on any atom is 0.228 e. The zero-order valence-electron chi connectivity index (χ0n) is 8.80. The number of halogens is 1. The van der Waals surface area contributed by atoms with Crippen LogP contribution in [0.25, 0.3) is 0 Å². The SMILES string of the molecule is CC(C)(C)C(=O)N1CCC(F)(C#N)C1. The van der Waals surface area contributed by atoms with Crippen molar-refractivity contribution in [2.75, 3.05) is 13.1 Å². The lowest BCUT2D eigenvalue weighted by molar-refractivity contribution is -0.138. The lowest BCUT2D eigenvalue weighted by Crippen LogP contribution is -2.39. The van der Waals surface area contributed by atoms with Gasteiger partial charge in [0, 0.05) is 18.4 Å². The average Bonchev–Trinajstić information content (AvgIpc) is 2.46. The van der Waals surface area contributed by atoms with E-state index in [-0.39, 0.29) is 18.9 Å². The second-order valence-corrected chi connectivity index (χ2v) is 4.80. The summed E-state index contributed by atoms with van der Waals surface area (Å²) in [5, 5.41) is 8.56. The van der Waals surface area contributed by atoms with Crippen molar-refractivity contribution in [3.8, 4) is 6.07 Å². The Morgan fingerprint density at radius 1 is 1.57 bits per heavy atom. The molecular formula is C10H15FN2O. The maximum atomic E-state index is 13.5. The fourth-order valence-electron chi connectivity index (χ4n) is 1.51. The molecule has 0 aliphatic carbocycles. The van der Waals surface area contributed by atoms with Crippen LogP contribution in [0.5, 0.6) is 0 Å². The van der Waals surface area contributed by atoms with Crippen LogP contribution in [-0.2, 0) is 4.79 Å². The lowest BCUT2D eigenvalue weighted by Gasteiger charge is -2.25. The third kappa shape index (κ3) is 2.03. The minimum atomic E-state index is -1.83. The van der Waals surface area contributed by atoms with Crippen molar-refractivity contribution in [3.63, 3.8) is 0 Å². The van der Waals surface area contributed by atoms with Crippen LogP contribution in [0.2, 0.25) is 0 Å². The van der Waals surface area contributed by atoms with Gasteiger partial charge in [0.2, 0.25) is 11.6 Å². The van der Waals surface area contributed by atoms with E-state index in [1.54, 1.807) is 26.8 Å². The molecule has 1 atom stereocenters. The first-order chi connectivity index (χ1) is 6.28. The van der Waals surface area contributed by atoms with Gasteiger partial charge in [-0.2, -0.15) is 5.26 Å². The van der Waals surface area contributed by atoms with Crippen molar-refractivity contribution in [2.45, 2.75) is 32.9 Å². The first kappa shape index (κ1) is 11.0. The first-order valence-electron chi connectivity index (χ1n) is 4.68. The van der Waals surface area contributed by atoms with Crippen LogP contribution in [0.3, 0.4) is 0 Å². The predicted molar refractivity (Wildman–Crippen MR) is 50.1 cm³/mol. The zero-order valence-corrected chi connectivity index (χ0v) is 8.80. The van der Waals surface area contributed by atoms with E-state index in [4.69, 9.17) is 5.26 Å². The van der Waals surface area contributed by atoms with E-state index < -0.39 is 11.1 Å². The number of carbonyl (C=O) groups is 1. The molecule has 0 spiro atoms. The Hall–Kier alpha value is -1.11. The van der Waals surface area contributed by atoms with Gasteiger partial charge in [0.1, 0.15) is 6.07 Å². The predicted octanol–water partition coefficient (Wildman–Crippen LogP) is 1.50. The molecule has 1 heterocycles. The Morgan fingerprint density at radius 2 is 2.14 bits per heavy atom. The normalized spacial score (nSPS) is 27.5. The molecule has 0 saturated carbocycles. The van der Waals surface area contributed by atoms with Crippen molar-refractivity contribution >= 4 is 5.91 Å². The van der Waals surface area contributed by atoms with Crippen molar-refractivity contribution in [2.24, 2.45) is 5.41 Å². The second-order valence-electron chi connectivity index (χ2n) is 4.80.